The quantitative estimate of drug-likeness (QED) is 0.716. The van der Waals surface area contributed by atoms with E-state index in [4.69, 9.17) is 4.74 Å². The van der Waals surface area contributed by atoms with Gasteiger partial charge in [-0.15, -0.1) is 0 Å². The third kappa shape index (κ3) is 5.66. The molecule has 1 unspecified atom stereocenters. The van der Waals surface area contributed by atoms with Gasteiger partial charge in [-0.2, -0.15) is 5.10 Å². The summed E-state index contributed by atoms with van der Waals surface area (Å²) in [6, 6.07) is 15.4. The summed E-state index contributed by atoms with van der Waals surface area (Å²) in [6.07, 6.45) is -0.208. The maximum atomic E-state index is 12.3. The average Bonchev–Trinajstić information content (AvgIpc) is 3.19. The van der Waals surface area contributed by atoms with Crippen LogP contribution < -0.4 is 15.6 Å². The van der Waals surface area contributed by atoms with Crippen molar-refractivity contribution in [1.82, 2.24) is 10.6 Å². The van der Waals surface area contributed by atoms with E-state index < -0.39 is 24.0 Å². The molecule has 0 spiro atoms. The Hall–Kier alpha value is -3.68. The SMILES string of the molecule is CC1=NN(c2ccc(C(=O)OC(C)C(=O)NC(=O)NCc3ccccc3)cc2)CC1. The molecule has 0 saturated heterocycles. The van der Waals surface area contributed by atoms with E-state index in [1.165, 1.54) is 6.92 Å². The Morgan fingerprint density at radius 2 is 1.80 bits per heavy atom. The Bertz CT molecular complexity index is 941. The number of urea groups is 1. The summed E-state index contributed by atoms with van der Waals surface area (Å²) in [5, 5.41) is 11.0. The third-order valence-electron chi connectivity index (χ3n) is 4.56. The highest BCUT2D eigenvalue weighted by Crippen LogP contribution is 2.20. The van der Waals surface area contributed by atoms with Gasteiger partial charge in [-0.1, -0.05) is 30.3 Å². The van der Waals surface area contributed by atoms with Crippen LogP contribution in [0.2, 0.25) is 0 Å². The van der Waals surface area contributed by atoms with E-state index in [0.717, 1.165) is 29.9 Å². The lowest BCUT2D eigenvalue weighted by Crippen LogP contribution is -2.44. The van der Waals surface area contributed by atoms with Crippen molar-refractivity contribution in [2.24, 2.45) is 5.10 Å². The molecule has 1 heterocycles. The highest BCUT2D eigenvalue weighted by atomic mass is 16.5. The van der Waals surface area contributed by atoms with E-state index in [9.17, 15) is 14.4 Å². The molecule has 0 saturated carbocycles. The number of carbonyl (C=O) groups is 3. The molecule has 1 atom stereocenters. The fourth-order valence-electron chi connectivity index (χ4n) is 2.85. The van der Waals surface area contributed by atoms with Crippen molar-refractivity contribution in [2.45, 2.75) is 32.9 Å². The van der Waals surface area contributed by atoms with Gasteiger partial charge in [-0.25, -0.2) is 9.59 Å². The number of imide groups is 1. The van der Waals surface area contributed by atoms with Crippen LogP contribution in [-0.4, -0.2) is 36.3 Å². The number of rotatable bonds is 6. The molecule has 156 valence electrons. The average molecular weight is 408 g/mol. The number of anilines is 1. The van der Waals surface area contributed by atoms with Crippen LogP contribution in [0.1, 0.15) is 36.2 Å². The van der Waals surface area contributed by atoms with E-state index in [-0.39, 0.29) is 6.54 Å². The monoisotopic (exact) mass is 408 g/mol. The van der Waals surface area contributed by atoms with Crippen molar-refractivity contribution >= 4 is 29.3 Å². The van der Waals surface area contributed by atoms with E-state index in [2.05, 4.69) is 15.7 Å². The number of carbonyl (C=O) groups excluding carboxylic acids is 3. The zero-order valence-corrected chi connectivity index (χ0v) is 16.9. The first-order valence-electron chi connectivity index (χ1n) is 9.67. The first kappa shape index (κ1) is 21.0. The molecule has 1 aliphatic rings. The van der Waals surface area contributed by atoms with Crippen molar-refractivity contribution in [2.75, 3.05) is 11.6 Å². The number of amides is 3. The van der Waals surface area contributed by atoms with E-state index in [1.807, 2.05) is 42.3 Å². The number of nitrogens with one attached hydrogen (secondary N) is 2. The second-order valence-corrected chi connectivity index (χ2v) is 6.96. The fraction of sp³-hybridized carbons (Fsp3) is 0.273. The van der Waals surface area contributed by atoms with Crippen LogP contribution in [0, 0.1) is 0 Å². The Labute approximate surface area is 174 Å². The van der Waals surface area contributed by atoms with E-state index in [1.54, 1.807) is 24.3 Å². The van der Waals surface area contributed by atoms with Gasteiger partial charge in [0.1, 0.15) is 0 Å². The molecule has 2 N–H and O–H groups in total. The number of benzene rings is 2. The smallest absolute Gasteiger partial charge is 0.338 e. The second kappa shape index (κ2) is 9.69. The summed E-state index contributed by atoms with van der Waals surface area (Å²) in [5.74, 6) is -1.34. The minimum absolute atomic E-state index is 0.279. The number of hydrogen-bond acceptors (Lipinski definition) is 6. The molecule has 2 aromatic rings. The van der Waals surface area contributed by atoms with Crippen LogP contribution in [0.25, 0.3) is 0 Å². The van der Waals surface area contributed by atoms with Crippen LogP contribution in [0.15, 0.2) is 59.7 Å². The lowest BCUT2D eigenvalue weighted by molar-refractivity contribution is -0.127. The predicted octanol–water partition coefficient (Wildman–Crippen LogP) is 2.84. The van der Waals surface area contributed by atoms with Crippen molar-refractivity contribution in [3.05, 3.63) is 65.7 Å². The van der Waals surface area contributed by atoms with E-state index in [0.29, 0.717) is 5.56 Å². The molecule has 0 radical (unpaired) electrons. The summed E-state index contributed by atoms with van der Waals surface area (Å²) in [7, 11) is 0. The molecular formula is C22H24N4O4. The lowest BCUT2D eigenvalue weighted by atomic mass is 10.2. The van der Waals surface area contributed by atoms with Crippen molar-refractivity contribution in [1.29, 1.82) is 0 Å². The second-order valence-electron chi connectivity index (χ2n) is 6.96. The number of hydrogen-bond donors (Lipinski definition) is 2. The topological polar surface area (TPSA) is 100 Å². The van der Waals surface area contributed by atoms with Gasteiger partial charge in [0, 0.05) is 25.2 Å². The normalized spacial score (nSPS) is 13.9. The largest absolute Gasteiger partial charge is 0.449 e. The minimum atomic E-state index is -1.12. The van der Waals surface area contributed by atoms with Crippen LogP contribution in [0.5, 0.6) is 0 Å². The predicted molar refractivity (Wildman–Crippen MR) is 113 cm³/mol. The summed E-state index contributed by atoms with van der Waals surface area (Å²) in [6.45, 7) is 4.47. The van der Waals surface area contributed by atoms with Crippen molar-refractivity contribution in [3.8, 4) is 0 Å². The highest BCUT2D eigenvalue weighted by Gasteiger charge is 2.21. The summed E-state index contributed by atoms with van der Waals surface area (Å²) in [5.41, 5.74) is 3.15. The molecule has 3 amide bonds. The molecule has 1 aliphatic heterocycles. The molecule has 0 fully saturated rings. The Morgan fingerprint density at radius 3 is 2.43 bits per heavy atom. The van der Waals surface area contributed by atoms with Crippen LogP contribution >= 0.6 is 0 Å². The Kier molecular flexibility index (Phi) is 6.79. The van der Waals surface area contributed by atoms with Crippen molar-refractivity contribution < 1.29 is 19.1 Å². The van der Waals surface area contributed by atoms with Gasteiger partial charge < -0.3 is 10.1 Å². The third-order valence-corrected chi connectivity index (χ3v) is 4.56. The number of nitrogens with zero attached hydrogens (tertiary/aromatic N) is 2. The lowest BCUT2D eigenvalue weighted by Gasteiger charge is -2.15. The van der Waals surface area contributed by atoms with Gasteiger partial charge in [-0.3, -0.25) is 15.1 Å². The zero-order valence-electron chi connectivity index (χ0n) is 16.9. The fourth-order valence-corrected chi connectivity index (χ4v) is 2.85. The molecule has 3 rings (SSSR count). The van der Waals surface area contributed by atoms with Gasteiger partial charge in [0.25, 0.3) is 5.91 Å². The van der Waals surface area contributed by atoms with E-state index >= 15 is 0 Å². The first-order chi connectivity index (χ1) is 14.4. The van der Waals surface area contributed by atoms with Gasteiger partial charge in [-0.05, 0) is 43.7 Å². The Balaban J connectivity index is 1.47. The van der Waals surface area contributed by atoms with Crippen LogP contribution in [0.3, 0.4) is 0 Å². The maximum Gasteiger partial charge on any atom is 0.338 e. The maximum absolute atomic E-state index is 12.3. The van der Waals surface area contributed by atoms with Crippen molar-refractivity contribution in [3.63, 3.8) is 0 Å². The summed E-state index contributed by atoms with van der Waals surface area (Å²) in [4.78, 5) is 36.3. The van der Waals surface area contributed by atoms with Crippen LogP contribution in [-0.2, 0) is 16.1 Å². The molecule has 2 aromatic carbocycles. The molecular weight excluding hydrogens is 384 g/mol. The zero-order chi connectivity index (χ0) is 21.5. The number of esters is 1. The minimum Gasteiger partial charge on any atom is -0.449 e. The van der Waals surface area contributed by atoms with Gasteiger partial charge in [0.15, 0.2) is 6.10 Å². The van der Waals surface area contributed by atoms with Gasteiger partial charge in [0.05, 0.1) is 11.3 Å². The number of hydrazone groups is 1. The first-order valence-corrected chi connectivity index (χ1v) is 9.67. The standard InChI is InChI=1S/C22H24N4O4/c1-15-12-13-26(25-15)19-10-8-18(9-11-19)21(28)30-16(2)20(27)24-22(29)23-14-17-6-4-3-5-7-17/h3-11,16H,12-14H2,1-2H3,(H2,23,24,27,29). The summed E-state index contributed by atoms with van der Waals surface area (Å²) >= 11 is 0. The van der Waals surface area contributed by atoms with Gasteiger partial charge >= 0.3 is 12.0 Å². The molecule has 0 bridgehead atoms. The molecule has 8 heteroatoms. The van der Waals surface area contributed by atoms with Crippen LogP contribution in [0.4, 0.5) is 10.5 Å². The summed E-state index contributed by atoms with van der Waals surface area (Å²) < 4.78 is 5.17. The highest BCUT2D eigenvalue weighted by molar-refractivity contribution is 5.98. The van der Waals surface area contributed by atoms with Gasteiger partial charge in [0.2, 0.25) is 0 Å². The molecule has 0 aliphatic carbocycles. The molecule has 8 nitrogen and oxygen atoms in total. The molecule has 30 heavy (non-hydrogen) atoms. The number of ether oxygens (including phenoxy) is 1. The Morgan fingerprint density at radius 1 is 1.10 bits per heavy atom. The molecule has 0 aromatic heterocycles.